The largest absolute Gasteiger partial charge is 0.318 e. The summed E-state index contributed by atoms with van der Waals surface area (Å²) in [7, 11) is 0. The fourth-order valence-electron chi connectivity index (χ4n) is 3.21. The zero-order valence-electron chi connectivity index (χ0n) is 13.7. The summed E-state index contributed by atoms with van der Waals surface area (Å²) in [5.41, 5.74) is 2.39. The number of anilines is 2. The zero-order valence-corrected chi connectivity index (χ0v) is 13.7. The summed E-state index contributed by atoms with van der Waals surface area (Å²) in [5.74, 6) is -0.0279. The van der Waals surface area contributed by atoms with Gasteiger partial charge in [0.2, 0.25) is 5.95 Å². The highest BCUT2D eigenvalue weighted by molar-refractivity contribution is 5.75. The molecular weight excluding hydrogens is 351 g/mol. The molecule has 3 aromatic heterocycles. The normalized spacial score (nSPS) is 14.9. The van der Waals surface area contributed by atoms with Crippen molar-refractivity contribution in [2.24, 2.45) is 0 Å². The molecular formula is C17H11FN8O. The molecule has 132 valence electrons. The number of nitrogens with zero attached hydrogens (tertiary/aromatic N) is 6. The molecule has 4 aromatic rings. The number of aromatic nitrogens is 7. The van der Waals surface area contributed by atoms with Gasteiger partial charge in [-0.3, -0.25) is 9.78 Å². The number of fused-ring (bicyclic) bond motifs is 2. The van der Waals surface area contributed by atoms with Crippen molar-refractivity contribution in [3.63, 3.8) is 0 Å². The standard InChI is InChI=1S/C17H11FN8O/c18-11-5-3-9(4-6-11)13-12-14(16(27)22-21-13)20-17-23-24-25-26(17)15(12)10-2-1-7-19-8-10/h1-8,15H,(H,22,27)(H,20,23,25)/t15-/m0/s1. The zero-order chi connectivity index (χ0) is 18.4. The predicted molar refractivity (Wildman–Crippen MR) is 92.8 cm³/mol. The van der Waals surface area contributed by atoms with Gasteiger partial charge in [-0.05, 0) is 46.3 Å². The molecule has 1 aliphatic rings. The molecule has 0 amide bonds. The first-order valence-corrected chi connectivity index (χ1v) is 8.05. The van der Waals surface area contributed by atoms with Crippen molar-refractivity contribution < 1.29 is 4.39 Å². The summed E-state index contributed by atoms with van der Waals surface area (Å²) in [6, 6.07) is 9.03. The van der Waals surface area contributed by atoms with Gasteiger partial charge in [-0.25, -0.2) is 9.49 Å². The molecule has 0 aliphatic carbocycles. The maximum atomic E-state index is 13.4. The van der Waals surface area contributed by atoms with E-state index in [1.54, 1.807) is 35.3 Å². The van der Waals surface area contributed by atoms with Crippen molar-refractivity contribution in [1.82, 2.24) is 35.4 Å². The van der Waals surface area contributed by atoms with E-state index in [1.807, 2.05) is 6.07 Å². The van der Waals surface area contributed by atoms with E-state index >= 15 is 0 Å². The fourth-order valence-corrected chi connectivity index (χ4v) is 3.21. The number of nitrogens with one attached hydrogen (secondary N) is 2. The molecule has 2 N–H and O–H groups in total. The summed E-state index contributed by atoms with van der Waals surface area (Å²) in [6.45, 7) is 0. The first-order chi connectivity index (χ1) is 13.2. The van der Waals surface area contributed by atoms with Crippen molar-refractivity contribution in [2.75, 3.05) is 5.32 Å². The van der Waals surface area contributed by atoms with Crippen molar-refractivity contribution in [3.8, 4) is 11.3 Å². The van der Waals surface area contributed by atoms with Crippen molar-refractivity contribution >= 4 is 11.6 Å². The second-order valence-corrected chi connectivity index (χ2v) is 5.96. The van der Waals surface area contributed by atoms with Crippen molar-refractivity contribution in [1.29, 1.82) is 0 Å². The Morgan fingerprint density at radius 1 is 1.15 bits per heavy atom. The molecule has 10 heteroatoms. The molecule has 0 fully saturated rings. The van der Waals surface area contributed by atoms with Crippen LogP contribution in [0.3, 0.4) is 0 Å². The van der Waals surface area contributed by atoms with Crippen LogP contribution in [0.4, 0.5) is 16.0 Å². The van der Waals surface area contributed by atoms with Gasteiger partial charge < -0.3 is 5.32 Å². The topological polar surface area (TPSA) is 114 Å². The highest BCUT2D eigenvalue weighted by Gasteiger charge is 2.34. The third-order valence-electron chi connectivity index (χ3n) is 4.39. The molecule has 1 aliphatic heterocycles. The number of hydrogen-bond acceptors (Lipinski definition) is 7. The first kappa shape index (κ1) is 15.3. The van der Waals surface area contributed by atoms with Crippen molar-refractivity contribution in [2.45, 2.75) is 6.04 Å². The van der Waals surface area contributed by atoms with Crippen LogP contribution in [-0.4, -0.2) is 35.4 Å². The second kappa shape index (κ2) is 5.80. The quantitative estimate of drug-likeness (QED) is 0.491. The first-order valence-electron chi connectivity index (χ1n) is 8.05. The summed E-state index contributed by atoms with van der Waals surface area (Å²) < 4.78 is 14.9. The SMILES string of the molecule is O=c1[nH]nc(-c2ccc(F)cc2)c2c1Nc1nnnn1[C@H]2c1cccnc1. The molecule has 0 saturated heterocycles. The van der Waals surface area contributed by atoms with Gasteiger partial charge in [0.05, 0.1) is 5.69 Å². The maximum Gasteiger partial charge on any atom is 0.288 e. The van der Waals surface area contributed by atoms with E-state index in [9.17, 15) is 9.18 Å². The Labute approximate surface area is 150 Å². The molecule has 1 atom stereocenters. The highest BCUT2D eigenvalue weighted by atomic mass is 19.1. The molecule has 0 radical (unpaired) electrons. The van der Waals surface area contributed by atoms with Crippen LogP contribution in [0, 0.1) is 5.82 Å². The lowest BCUT2D eigenvalue weighted by atomic mass is 9.93. The van der Waals surface area contributed by atoms with E-state index in [4.69, 9.17) is 0 Å². The average molecular weight is 362 g/mol. The van der Waals surface area contributed by atoms with Crippen molar-refractivity contribution in [3.05, 3.63) is 76.1 Å². The van der Waals surface area contributed by atoms with Gasteiger partial charge in [0, 0.05) is 23.5 Å². The van der Waals surface area contributed by atoms with Crippen LogP contribution in [0.2, 0.25) is 0 Å². The maximum absolute atomic E-state index is 13.4. The number of rotatable bonds is 2. The fraction of sp³-hybridized carbons (Fsp3) is 0.0588. The van der Waals surface area contributed by atoms with Crippen LogP contribution in [0.25, 0.3) is 11.3 Å². The molecule has 0 spiro atoms. The smallest absolute Gasteiger partial charge is 0.288 e. The lowest BCUT2D eigenvalue weighted by Crippen LogP contribution is -2.29. The summed E-state index contributed by atoms with van der Waals surface area (Å²) in [4.78, 5) is 16.6. The summed E-state index contributed by atoms with van der Waals surface area (Å²) in [5, 5.41) is 21.4. The van der Waals surface area contributed by atoms with Gasteiger partial charge in [0.25, 0.3) is 5.56 Å². The van der Waals surface area contributed by atoms with Crippen LogP contribution < -0.4 is 10.9 Å². The predicted octanol–water partition coefficient (Wildman–Crippen LogP) is 1.65. The summed E-state index contributed by atoms with van der Waals surface area (Å²) >= 11 is 0. The molecule has 1 aromatic carbocycles. The minimum absolute atomic E-state index is 0.292. The molecule has 5 rings (SSSR count). The molecule has 4 heterocycles. The number of benzene rings is 1. The summed E-state index contributed by atoms with van der Waals surface area (Å²) in [6.07, 6.45) is 3.34. The monoisotopic (exact) mass is 362 g/mol. The highest BCUT2D eigenvalue weighted by Crippen LogP contribution is 2.40. The minimum atomic E-state index is -0.519. The molecule has 0 bridgehead atoms. The molecule has 0 saturated carbocycles. The lowest BCUT2D eigenvalue weighted by Gasteiger charge is -2.27. The third kappa shape index (κ3) is 2.38. The second-order valence-electron chi connectivity index (χ2n) is 5.96. The van der Waals surface area contributed by atoms with E-state index in [2.05, 4.69) is 36.0 Å². The number of hydrogen-bond donors (Lipinski definition) is 2. The Balaban J connectivity index is 1.82. The van der Waals surface area contributed by atoms with E-state index in [-0.39, 0.29) is 5.82 Å². The Morgan fingerprint density at radius 3 is 2.78 bits per heavy atom. The molecule has 0 unspecified atom stereocenters. The van der Waals surface area contributed by atoms with Gasteiger partial charge in [0.1, 0.15) is 17.5 Å². The Hall–Kier alpha value is -3.95. The number of pyridine rings is 1. The number of aromatic amines is 1. The van der Waals surface area contributed by atoms with Crippen LogP contribution >= 0.6 is 0 Å². The number of tetrazole rings is 1. The van der Waals surface area contributed by atoms with Gasteiger partial charge >= 0.3 is 0 Å². The number of H-pyrrole nitrogens is 1. The van der Waals surface area contributed by atoms with Crippen LogP contribution in [-0.2, 0) is 0 Å². The Kier molecular flexibility index (Phi) is 3.29. The van der Waals surface area contributed by atoms with E-state index < -0.39 is 11.6 Å². The van der Waals surface area contributed by atoms with Crippen LogP contribution in [0.5, 0.6) is 0 Å². The van der Waals surface area contributed by atoms with Crippen LogP contribution in [0.15, 0.2) is 53.6 Å². The van der Waals surface area contributed by atoms with E-state index in [0.717, 1.165) is 5.56 Å². The molecule has 27 heavy (non-hydrogen) atoms. The van der Waals surface area contributed by atoms with Gasteiger partial charge in [-0.1, -0.05) is 11.2 Å². The molecule has 9 nitrogen and oxygen atoms in total. The lowest BCUT2D eigenvalue weighted by molar-refractivity contribution is 0.566. The van der Waals surface area contributed by atoms with Gasteiger partial charge in [0.15, 0.2) is 0 Å². The minimum Gasteiger partial charge on any atom is -0.318 e. The third-order valence-corrected chi connectivity index (χ3v) is 4.39. The van der Waals surface area contributed by atoms with E-state index in [1.165, 1.54) is 12.1 Å². The average Bonchev–Trinajstić information content (AvgIpc) is 3.17. The van der Waals surface area contributed by atoms with Gasteiger partial charge in [-0.15, -0.1) is 0 Å². The van der Waals surface area contributed by atoms with Gasteiger partial charge in [-0.2, -0.15) is 9.78 Å². The Bertz CT molecular complexity index is 1190. The Morgan fingerprint density at radius 2 is 2.00 bits per heavy atom. The van der Waals surface area contributed by atoms with Crippen LogP contribution in [0.1, 0.15) is 17.2 Å². The number of halogens is 1. The van der Waals surface area contributed by atoms with E-state index in [0.29, 0.717) is 28.5 Å².